The van der Waals surface area contributed by atoms with Crippen LogP contribution in [0.3, 0.4) is 0 Å². The van der Waals surface area contributed by atoms with Crippen molar-refractivity contribution >= 4 is 21.6 Å². The van der Waals surface area contributed by atoms with Gasteiger partial charge in [-0.25, -0.2) is 12.4 Å². The number of hydrogen-bond acceptors (Lipinski definition) is 5. The highest BCUT2D eigenvalue weighted by Crippen LogP contribution is 2.38. The summed E-state index contributed by atoms with van der Waals surface area (Å²) in [7, 11) is -4.14. The molecule has 0 N–H and O–H groups in total. The SMILES string of the molecule is Cc1ccc(S(=O)(=O)n2ccc3c2C(=O)c2c(c(-c4ccc(OCc5ccccc5)cc4)cn2Cc2ccccc2)C3=O)cc1. The highest BCUT2D eigenvalue weighted by molar-refractivity contribution is 7.90. The van der Waals surface area contributed by atoms with E-state index in [1.165, 1.54) is 24.4 Å². The van der Waals surface area contributed by atoms with E-state index in [0.717, 1.165) is 26.2 Å². The third-order valence-corrected chi connectivity index (χ3v) is 9.71. The van der Waals surface area contributed by atoms with Crippen molar-refractivity contribution in [2.45, 2.75) is 25.0 Å². The number of nitrogens with zero attached hydrogens (tertiary/aromatic N) is 2. The molecule has 0 aliphatic heterocycles. The Kier molecular flexibility index (Phi) is 7.06. The summed E-state index contributed by atoms with van der Waals surface area (Å²) in [6.45, 7) is 2.60. The van der Waals surface area contributed by atoms with Gasteiger partial charge >= 0.3 is 0 Å². The maximum atomic E-state index is 14.3. The van der Waals surface area contributed by atoms with Gasteiger partial charge in [0, 0.05) is 24.5 Å². The van der Waals surface area contributed by atoms with Gasteiger partial charge in [0.25, 0.3) is 10.0 Å². The molecule has 0 saturated heterocycles. The molecule has 0 radical (unpaired) electrons. The van der Waals surface area contributed by atoms with Crippen molar-refractivity contribution in [2.24, 2.45) is 0 Å². The predicted octanol–water partition coefficient (Wildman–Crippen LogP) is 6.90. The Morgan fingerprint density at radius 3 is 1.98 bits per heavy atom. The molecule has 0 fully saturated rings. The average Bonchev–Trinajstić information content (AvgIpc) is 3.68. The molecule has 8 heteroatoms. The molecule has 0 amide bonds. The molecule has 6 aromatic rings. The molecule has 0 spiro atoms. The van der Waals surface area contributed by atoms with Crippen LogP contribution in [0.5, 0.6) is 5.75 Å². The molecule has 7 rings (SSSR count). The van der Waals surface area contributed by atoms with Crippen LogP contribution in [0.4, 0.5) is 0 Å². The van der Waals surface area contributed by atoms with Crippen molar-refractivity contribution in [3.63, 3.8) is 0 Å². The highest BCUT2D eigenvalue weighted by Gasteiger charge is 2.40. The molecule has 0 atom stereocenters. The van der Waals surface area contributed by atoms with Gasteiger partial charge < -0.3 is 9.30 Å². The second kappa shape index (κ2) is 11.2. The number of ketones is 2. The fourth-order valence-electron chi connectivity index (χ4n) is 5.72. The zero-order valence-corrected chi connectivity index (χ0v) is 25.2. The third-order valence-electron chi connectivity index (χ3n) is 8.02. The first-order valence-corrected chi connectivity index (χ1v) is 15.9. The van der Waals surface area contributed by atoms with Gasteiger partial charge in [0.2, 0.25) is 5.78 Å². The number of fused-ring (bicyclic) bond motifs is 2. The summed E-state index contributed by atoms with van der Waals surface area (Å²) in [6, 6.07) is 34.7. The van der Waals surface area contributed by atoms with Crippen molar-refractivity contribution in [3.05, 3.63) is 167 Å². The van der Waals surface area contributed by atoms with Crippen molar-refractivity contribution < 1.29 is 22.7 Å². The van der Waals surface area contributed by atoms with E-state index in [9.17, 15) is 18.0 Å². The van der Waals surface area contributed by atoms with Crippen molar-refractivity contribution in [1.82, 2.24) is 8.54 Å². The standard InChI is InChI=1S/C37H28N2O5S/c1-25-12-18-30(19-13-25)45(42,43)39-21-20-31-34(39)37(41)35-33(36(31)40)32(23-38(35)22-26-8-4-2-5-9-26)28-14-16-29(17-15-28)44-24-27-10-6-3-7-11-27/h2-21,23H,22,24H2,1H3. The minimum absolute atomic E-state index is 0.0347. The fraction of sp³-hybridized carbons (Fsp3) is 0.0811. The summed E-state index contributed by atoms with van der Waals surface area (Å²) in [5, 5.41) is 0. The summed E-state index contributed by atoms with van der Waals surface area (Å²) in [5.41, 5.74) is 4.53. The zero-order chi connectivity index (χ0) is 31.1. The molecule has 7 nitrogen and oxygen atoms in total. The molecule has 2 aromatic heterocycles. The number of benzene rings is 4. The Morgan fingerprint density at radius 1 is 0.667 bits per heavy atom. The molecule has 1 aliphatic rings. The van der Waals surface area contributed by atoms with Gasteiger partial charge in [0.1, 0.15) is 23.7 Å². The molecule has 1 aliphatic carbocycles. The van der Waals surface area contributed by atoms with Gasteiger partial charge in [-0.3, -0.25) is 9.59 Å². The summed E-state index contributed by atoms with van der Waals surface area (Å²) in [4.78, 5) is 28.5. The predicted molar refractivity (Wildman–Crippen MR) is 171 cm³/mol. The lowest BCUT2D eigenvalue weighted by atomic mass is 9.89. The number of hydrogen-bond donors (Lipinski definition) is 0. The Labute approximate surface area is 261 Å². The number of rotatable bonds is 8. The van der Waals surface area contributed by atoms with Gasteiger partial charge in [-0.2, -0.15) is 0 Å². The van der Waals surface area contributed by atoms with Crippen molar-refractivity contribution in [1.29, 1.82) is 0 Å². The minimum atomic E-state index is -4.14. The van der Waals surface area contributed by atoms with E-state index in [1.54, 1.807) is 22.9 Å². The largest absolute Gasteiger partial charge is 0.489 e. The number of carbonyl (C=O) groups is 2. The summed E-state index contributed by atoms with van der Waals surface area (Å²) in [5.74, 6) is -0.253. The topological polar surface area (TPSA) is 87.4 Å². The van der Waals surface area contributed by atoms with Crippen LogP contribution in [0.15, 0.2) is 133 Å². The van der Waals surface area contributed by atoms with Gasteiger partial charge in [0.05, 0.1) is 16.0 Å². The fourth-order valence-corrected chi connectivity index (χ4v) is 7.07. The van der Waals surface area contributed by atoms with E-state index in [2.05, 4.69) is 0 Å². The van der Waals surface area contributed by atoms with Crippen LogP contribution >= 0.6 is 0 Å². The van der Waals surface area contributed by atoms with E-state index in [-0.39, 0.29) is 27.4 Å². The van der Waals surface area contributed by atoms with E-state index in [1.807, 2.05) is 91.9 Å². The Hall–Kier alpha value is -5.47. The minimum Gasteiger partial charge on any atom is -0.489 e. The second-order valence-electron chi connectivity index (χ2n) is 11.0. The number of aromatic nitrogens is 2. The van der Waals surface area contributed by atoms with Gasteiger partial charge in [-0.15, -0.1) is 0 Å². The molecule has 4 aromatic carbocycles. The van der Waals surface area contributed by atoms with Crippen LogP contribution in [0.2, 0.25) is 0 Å². The normalized spacial score (nSPS) is 12.6. The quantitative estimate of drug-likeness (QED) is 0.186. The molecule has 0 unspecified atom stereocenters. The van der Waals surface area contributed by atoms with Crippen LogP contribution < -0.4 is 4.74 Å². The van der Waals surface area contributed by atoms with Crippen molar-refractivity contribution in [3.8, 4) is 16.9 Å². The van der Waals surface area contributed by atoms with Crippen LogP contribution in [0, 0.1) is 6.92 Å². The Morgan fingerprint density at radius 2 is 1.31 bits per heavy atom. The first kappa shape index (κ1) is 28.3. The van der Waals surface area contributed by atoms with E-state index >= 15 is 0 Å². The average molecular weight is 613 g/mol. The second-order valence-corrected chi connectivity index (χ2v) is 12.8. The van der Waals surface area contributed by atoms with Crippen molar-refractivity contribution in [2.75, 3.05) is 0 Å². The number of carbonyl (C=O) groups excluding carboxylic acids is 2. The van der Waals surface area contributed by atoms with Gasteiger partial charge in [-0.1, -0.05) is 90.5 Å². The van der Waals surface area contributed by atoms with Gasteiger partial charge in [-0.05, 0) is 53.9 Å². The van der Waals surface area contributed by atoms with E-state index < -0.39 is 21.6 Å². The molecule has 222 valence electrons. The molecule has 2 heterocycles. The molecule has 0 saturated carbocycles. The smallest absolute Gasteiger partial charge is 0.268 e. The Balaban J connectivity index is 1.30. The maximum absolute atomic E-state index is 14.3. The number of aryl methyl sites for hydroxylation is 1. The summed E-state index contributed by atoms with van der Waals surface area (Å²) < 4.78 is 36.0. The lowest BCUT2D eigenvalue weighted by molar-refractivity contribution is 0.0970. The summed E-state index contributed by atoms with van der Waals surface area (Å²) in [6.07, 6.45) is 3.10. The van der Waals surface area contributed by atoms with Crippen LogP contribution in [-0.2, 0) is 23.2 Å². The van der Waals surface area contributed by atoms with Crippen LogP contribution in [0.1, 0.15) is 48.8 Å². The van der Waals surface area contributed by atoms with Crippen LogP contribution in [-0.4, -0.2) is 28.5 Å². The Bertz CT molecular complexity index is 2160. The highest BCUT2D eigenvalue weighted by atomic mass is 32.2. The monoisotopic (exact) mass is 612 g/mol. The maximum Gasteiger partial charge on any atom is 0.268 e. The third kappa shape index (κ3) is 5.09. The number of ether oxygens (including phenoxy) is 1. The molecular formula is C37H28N2O5S. The van der Waals surface area contributed by atoms with Gasteiger partial charge in [0.15, 0.2) is 5.78 Å². The molecule has 45 heavy (non-hydrogen) atoms. The van der Waals surface area contributed by atoms with E-state index in [4.69, 9.17) is 4.74 Å². The lowest BCUT2D eigenvalue weighted by Gasteiger charge is -2.18. The first-order chi connectivity index (χ1) is 21.8. The molecular weight excluding hydrogens is 584 g/mol. The molecule has 0 bridgehead atoms. The first-order valence-electron chi connectivity index (χ1n) is 14.5. The zero-order valence-electron chi connectivity index (χ0n) is 24.4. The lowest BCUT2D eigenvalue weighted by Crippen LogP contribution is -2.27. The van der Waals surface area contributed by atoms with Crippen LogP contribution in [0.25, 0.3) is 11.1 Å². The summed E-state index contributed by atoms with van der Waals surface area (Å²) >= 11 is 0. The van der Waals surface area contributed by atoms with E-state index in [0.29, 0.717) is 24.5 Å².